The summed E-state index contributed by atoms with van der Waals surface area (Å²) < 4.78 is 6.64. The Balaban J connectivity index is 0.0000102. The van der Waals surface area contributed by atoms with Crippen LogP contribution in [0.5, 0.6) is 0 Å². The van der Waals surface area contributed by atoms with Crippen LogP contribution in [0.2, 0.25) is 0 Å². The van der Waals surface area contributed by atoms with E-state index in [2.05, 4.69) is 60.6 Å². The van der Waals surface area contributed by atoms with Crippen LogP contribution in [0.15, 0.2) is 65.1 Å². The molecular weight excluding hydrogens is 761 g/mol. The van der Waals surface area contributed by atoms with Crippen LogP contribution >= 0.6 is 0 Å². The van der Waals surface area contributed by atoms with Crippen molar-refractivity contribution in [3.63, 3.8) is 0 Å². The summed E-state index contributed by atoms with van der Waals surface area (Å²) in [6.07, 6.45) is 43.9. The van der Waals surface area contributed by atoms with Gasteiger partial charge in [0, 0.05) is 47.3 Å². The predicted octanol–water partition coefficient (Wildman–Crippen LogP) is 16.5. The second kappa shape index (κ2) is 33.9. The van der Waals surface area contributed by atoms with Crippen molar-refractivity contribution >= 4 is 22.6 Å². The molecule has 1 aliphatic carbocycles. The number of carboxylic acids is 1. The molecule has 0 saturated heterocycles. The average molecular weight is 852 g/mol. The summed E-state index contributed by atoms with van der Waals surface area (Å²) in [5.74, 6) is -0.165. The number of aromatic carboxylic acids is 1. The van der Waals surface area contributed by atoms with E-state index in [0.29, 0.717) is 11.1 Å². The fourth-order valence-corrected chi connectivity index (χ4v) is 9.10. The monoisotopic (exact) mass is 852 g/mol. The van der Waals surface area contributed by atoms with Gasteiger partial charge in [-0.3, -0.25) is 0 Å². The first kappa shape index (κ1) is 52.7. The number of carboxylic acid groups (broad SMARTS) is 1. The molecule has 4 rings (SSSR count). The fourth-order valence-electron chi connectivity index (χ4n) is 9.10. The highest BCUT2D eigenvalue weighted by molar-refractivity contribution is 6.07. The largest absolute Gasteiger partial charge is 0.478 e. The molecule has 0 radical (unpaired) electrons. The Morgan fingerprint density at radius 3 is 1.50 bits per heavy atom. The summed E-state index contributed by atoms with van der Waals surface area (Å²) in [5.41, 5.74) is 4.63. The van der Waals surface area contributed by atoms with Crippen molar-refractivity contribution in [3.8, 4) is 22.5 Å². The lowest BCUT2D eigenvalue weighted by Crippen LogP contribution is -2.76. The Hall–Kier alpha value is -3.60. The van der Waals surface area contributed by atoms with Crippen LogP contribution < -0.4 is 15.7 Å². The minimum Gasteiger partial charge on any atom is -0.478 e. The van der Waals surface area contributed by atoms with E-state index in [9.17, 15) is 9.90 Å². The maximum absolute atomic E-state index is 12.4. The minimum absolute atomic E-state index is 0. The summed E-state index contributed by atoms with van der Waals surface area (Å²) in [5, 5.41) is 15.8. The van der Waals surface area contributed by atoms with Crippen LogP contribution in [0.3, 0.4) is 0 Å². The highest BCUT2D eigenvalue weighted by Gasteiger charge is 2.22. The van der Waals surface area contributed by atoms with E-state index < -0.39 is 5.97 Å². The molecule has 62 heavy (non-hydrogen) atoms. The molecule has 5 nitrogen and oxygen atoms in total. The van der Waals surface area contributed by atoms with Gasteiger partial charge in [0.25, 0.3) is 0 Å². The van der Waals surface area contributed by atoms with Gasteiger partial charge in [0.2, 0.25) is 5.36 Å². The Kier molecular flexibility index (Phi) is 28.8. The van der Waals surface area contributed by atoms with E-state index in [1.54, 1.807) is 12.1 Å². The molecule has 2 aliphatic rings. The second-order valence-corrected chi connectivity index (χ2v) is 18.2. The predicted molar refractivity (Wildman–Crippen MR) is 269 cm³/mol. The highest BCUT2D eigenvalue weighted by Crippen LogP contribution is 2.41. The Morgan fingerprint density at radius 2 is 1.00 bits per heavy atom. The lowest BCUT2D eigenvalue weighted by Gasteiger charge is -2.17. The van der Waals surface area contributed by atoms with Crippen molar-refractivity contribution in [1.82, 2.24) is 0 Å². The molecule has 2 aromatic carbocycles. The number of carbonyl (C=O) groups is 1. The van der Waals surface area contributed by atoms with Crippen molar-refractivity contribution in [2.45, 2.75) is 227 Å². The molecule has 3 N–H and O–H groups in total. The Labute approximate surface area is 379 Å². The summed E-state index contributed by atoms with van der Waals surface area (Å²) in [7, 11) is 0. The molecule has 1 heterocycles. The number of hydrogen-bond donors (Lipinski definition) is 3. The van der Waals surface area contributed by atoms with Crippen molar-refractivity contribution in [3.05, 3.63) is 71.6 Å². The fraction of sp³-hybridized carbons (Fsp3) is 0.649. The summed E-state index contributed by atoms with van der Waals surface area (Å²) in [6, 6.07) is 19.9. The zero-order valence-corrected chi connectivity index (χ0v) is 39.1. The number of unbranched alkanes of at least 4 members (excludes halogenated alkanes) is 30. The summed E-state index contributed by atoms with van der Waals surface area (Å²) in [4.78, 5) is 16.0. The van der Waals surface area contributed by atoms with Crippen molar-refractivity contribution in [2.24, 2.45) is 0 Å². The molecule has 0 saturated carbocycles. The molecule has 0 fully saturated rings. The first-order valence-electron chi connectivity index (χ1n) is 25.8. The number of rotatable bonds is 37. The van der Waals surface area contributed by atoms with E-state index in [-0.39, 0.29) is 7.43 Å². The van der Waals surface area contributed by atoms with Crippen LogP contribution in [0.1, 0.15) is 237 Å². The Bertz CT molecular complexity index is 1780. The minimum atomic E-state index is -0.924. The number of anilines is 1. The molecule has 0 bridgehead atoms. The van der Waals surface area contributed by atoms with Crippen molar-refractivity contribution in [1.29, 1.82) is 0 Å². The second-order valence-electron chi connectivity index (χ2n) is 18.2. The summed E-state index contributed by atoms with van der Waals surface area (Å²) >= 11 is 0. The van der Waals surface area contributed by atoms with E-state index in [4.69, 9.17) is 4.42 Å². The van der Waals surface area contributed by atoms with Crippen LogP contribution in [0.4, 0.5) is 5.69 Å². The van der Waals surface area contributed by atoms with Crippen LogP contribution in [0.25, 0.3) is 33.4 Å². The molecule has 0 atom stereocenters. The number of nitrogens with one attached hydrogen (secondary N) is 2. The van der Waals surface area contributed by atoms with Gasteiger partial charge in [0.15, 0.2) is 0 Å². The molecule has 346 valence electrons. The van der Waals surface area contributed by atoms with E-state index in [1.807, 2.05) is 12.1 Å². The maximum Gasteiger partial charge on any atom is 0.336 e. The van der Waals surface area contributed by atoms with Gasteiger partial charge in [-0.2, -0.15) is 0 Å². The van der Waals surface area contributed by atoms with Gasteiger partial charge < -0.3 is 14.8 Å². The van der Waals surface area contributed by atoms with E-state index in [0.717, 1.165) is 64.8 Å². The van der Waals surface area contributed by atoms with Gasteiger partial charge in [-0.15, -0.1) is 0 Å². The van der Waals surface area contributed by atoms with Gasteiger partial charge >= 0.3 is 5.97 Å². The topological polar surface area (TPSA) is 76.4 Å². The average Bonchev–Trinajstić information content (AvgIpc) is 3.27. The van der Waals surface area contributed by atoms with Gasteiger partial charge in [-0.25, -0.2) is 9.79 Å². The number of hydrogen-bond acceptors (Lipinski definition) is 3. The third-order valence-corrected chi connectivity index (χ3v) is 12.9. The molecule has 0 amide bonds. The third kappa shape index (κ3) is 20.7. The maximum atomic E-state index is 12.4. The van der Waals surface area contributed by atoms with Crippen LogP contribution in [0, 0.1) is 0 Å². The molecule has 2 aromatic rings. The molecule has 0 unspecified atom stereocenters. The van der Waals surface area contributed by atoms with E-state index in [1.165, 1.54) is 193 Å². The van der Waals surface area contributed by atoms with Crippen LogP contribution in [-0.2, 0) is 0 Å². The van der Waals surface area contributed by atoms with Gasteiger partial charge in [-0.05, 0) is 42.7 Å². The molecule has 1 aliphatic heterocycles. The Morgan fingerprint density at radius 1 is 0.532 bits per heavy atom. The quantitative estimate of drug-likeness (QED) is 0.0312. The first-order chi connectivity index (χ1) is 30.1. The smallest absolute Gasteiger partial charge is 0.336 e. The van der Waals surface area contributed by atoms with Crippen LogP contribution in [-0.4, -0.2) is 24.2 Å². The van der Waals surface area contributed by atoms with Crippen molar-refractivity contribution < 1.29 is 19.3 Å². The first-order valence-corrected chi connectivity index (χ1v) is 25.8. The highest BCUT2D eigenvalue weighted by atomic mass is 16.4. The zero-order valence-electron chi connectivity index (χ0n) is 39.1. The zero-order chi connectivity index (χ0) is 43.0. The standard InChI is InChI=1S/C56H86N2O3.CH4/c1-3-5-7-9-11-13-15-17-19-21-23-25-27-29-31-35-43-57-47-39-41-51-53(45-47)61-54-46-48(40-42-52(54)55(51)49-37-33-34-38-50(49)56(59)60)58-44-36-32-30-28-26-24-22-20-18-16-14-12-10-8-6-4-2;/h33-34,37-42,45-46,57H,3-32,35-36,43-44H2,1-2H3,(H,59,60);1H4/p+1. The van der Waals surface area contributed by atoms with Gasteiger partial charge in [0.05, 0.1) is 11.6 Å². The molecule has 0 spiro atoms. The third-order valence-electron chi connectivity index (χ3n) is 12.9. The molecular formula is C57H91N2O3+. The number of benzene rings is 3. The number of fused-ring (bicyclic) bond motifs is 2. The van der Waals surface area contributed by atoms with Gasteiger partial charge in [-0.1, -0.05) is 226 Å². The molecule has 5 heteroatoms. The van der Waals surface area contributed by atoms with Crippen molar-refractivity contribution in [2.75, 3.05) is 18.4 Å². The lowest BCUT2D eigenvalue weighted by atomic mass is 9.90. The lowest BCUT2D eigenvalue weighted by molar-refractivity contribution is -0.501. The summed E-state index contributed by atoms with van der Waals surface area (Å²) in [6.45, 7) is 6.44. The van der Waals surface area contributed by atoms with Gasteiger partial charge in [0.1, 0.15) is 17.9 Å². The van der Waals surface area contributed by atoms with E-state index >= 15 is 0 Å². The normalized spacial score (nSPS) is 11.7. The molecule has 0 aromatic heterocycles. The SMILES string of the molecule is C.CCCCCCCCCCCCCCCCCCNc1ccc2c(-c3ccccc3C(=O)O)c3ccc(=[NH+]CCCCCCCCCCCCCCCCCC)cc-3oc2c1.